The number of halogens is 2. The highest BCUT2D eigenvalue weighted by molar-refractivity contribution is 7.90. The quantitative estimate of drug-likeness (QED) is 0.297. The van der Waals surface area contributed by atoms with E-state index < -0.39 is 44.9 Å². The predicted molar refractivity (Wildman–Crippen MR) is 159 cm³/mol. The number of fused-ring (bicyclic) bond motifs is 1. The number of aryl methyl sites for hydroxylation is 1. The Bertz CT molecular complexity index is 2040. The van der Waals surface area contributed by atoms with Gasteiger partial charge in [0.2, 0.25) is 5.91 Å². The monoisotopic (exact) mass is 619 g/mol. The first-order chi connectivity index (χ1) is 20.9. The van der Waals surface area contributed by atoms with Crippen LogP contribution < -0.4 is 10.6 Å². The van der Waals surface area contributed by atoms with Crippen LogP contribution in [0.4, 0.5) is 14.6 Å². The van der Waals surface area contributed by atoms with Crippen LogP contribution in [0.2, 0.25) is 0 Å². The van der Waals surface area contributed by atoms with E-state index in [2.05, 4.69) is 27.6 Å². The van der Waals surface area contributed by atoms with Crippen LogP contribution in [-0.4, -0.2) is 70.2 Å². The van der Waals surface area contributed by atoms with E-state index in [1.165, 1.54) is 42.3 Å². The maximum Gasteiger partial charge on any atom is 0.355 e. The van der Waals surface area contributed by atoms with Crippen LogP contribution in [0.1, 0.15) is 19.0 Å². The third kappa shape index (κ3) is 5.30. The number of rotatable bonds is 6. The van der Waals surface area contributed by atoms with Crippen molar-refractivity contribution in [1.82, 2.24) is 24.4 Å². The van der Waals surface area contributed by atoms with Crippen LogP contribution >= 0.6 is 0 Å². The highest BCUT2D eigenvalue weighted by Gasteiger charge is 2.36. The second-order valence-corrected chi connectivity index (χ2v) is 12.4. The zero-order chi connectivity index (χ0) is 31.9. The number of nitrogens with zero attached hydrogens (tertiary/aromatic N) is 7. The average molecular weight is 620 g/mol. The van der Waals surface area contributed by atoms with Gasteiger partial charge >= 0.3 is 5.69 Å². The van der Waals surface area contributed by atoms with E-state index in [0.29, 0.717) is 0 Å². The van der Waals surface area contributed by atoms with Gasteiger partial charge in [0, 0.05) is 37.1 Å². The molecule has 1 aliphatic rings. The maximum atomic E-state index is 15.8. The van der Waals surface area contributed by atoms with E-state index >= 15 is 4.39 Å². The Morgan fingerprint density at radius 1 is 1.18 bits per heavy atom. The van der Waals surface area contributed by atoms with E-state index in [1.807, 2.05) is 0 Å². The summed E-state index contributed by atoms with van der Waals surface area (Å²) < 4.78 is 57.3. The first-order valence-corrected chi connectivity index (χ1v) is 15.4. The molecule has 14 heteroatoms. The van der Waals surface area contributed by atoms with Gasteiger partial charge in [-0.25, -0.2) is 31.5 Å². The molecule has 3 aromatic heterocycles. The number of hydrogen-bond acceptors (Lipinski definition) is 9. The van der Waals surface area contributed by atoms with Gasteiger partial charge in [-0.1, -0.05) is 18.7 Å². The lowest BCUT2D eigenvalue weighted by Crippen LogP contribution is -2.59. The van der Waals surface area contributed by atoms with Crippen molar-refractivity contribution >= 4 is 32.6 Å². The minimum Gasteiger partial charge on any atom is -0.349 e. The Balaban J connectivity index is 1.85. The molecule has 4 aromatic rings. The molecule has 0 spiro atoms. The van der Waals surface area contributed by atoms with Gasteiger partial charge in [-0.05, 0) is 44.2 Å². The summed E-state index contributed by atoms with van der Waals surface area (Å²) in [6, 6.07) is 8.72. The van der Waals surface area contributed by atoms with Gasteiger partial charge < -0.3 is 9.80 Å². The van der Waals surface area contributed by atoms with Crippen molar-refractivity contribution in [1.29, 1.82) is 5.26 Å². The lowest BCUT2D eigenvalue weighted by atomic mass is 10.0. The van der Waals surface area contributed by atoms with Gasteiger partial charge in [0.05, 0.1) is 40.2 Å². The van der Waals surface area contributed by atoms with Crippen molar-refractivity contribution in [2.45, 2.75) is 37.2 Å². The minimum absolute atomic E-state index is 0.0105. The first-order valence-electron chi connectivity index (χ1n) is 13.5. The molecule has 0 saturated carbocycles. The third-order valence-corrected chi connectivity index (χ3v) is 8.65. The smallest absolute Gasteiger partial charge is 0.349 e. The largest absolute Gasteiger partial charge is 0.355 e. The van der Waals surface area contributed by atoms with E-state index in [0.717, 1.165) is 29.0 Å². The fourth-order valence-corrected chi connectivity index (χ4v) is 6.37. The lowest BCUT2D eigenvalue weighted by Gasteiger charge is -2.45. The molecule has 0 bridgehead atoms. The first kappa shape index (κ1) is 30.4. The van der Waals surface area contributed by atoms with Crippen molar-refractivity contribution in [3.8, 4) is 23.0 Å². The number of carbonyl (C=O) groups excluding carboxylic acids is 1. The van der Waals surface area contributed by atoms with E-state index in [1.54, 1.807) is 11.8 Å². The molecule has 0 N–H and O–H groups in total. The molecule has 11 nitrogen and oxygen atoms in total. The minimum atomic E-state index is -3.91. The van der Waals surface area contributed by atoms with Crippen molar-refractivity contribution < 1.29 is 22.0 Å². The summed E-state index contributed by atoms with van der Waals surface area (Å²) in [5, 5.41) is 9.48. The number of piperazine rings is 1. The zero-order valence-electron chi connectivity index (χ0n) is 24.0. The van der Waals surface area contributed by atoms with Crippen LogP contribution in [0.15, 0.2) is 64.9 Å². The average Bonchev–Trinajstić information content (AvgIpc) is 2.97. The Kier molecular flexibility index (Phi) is 8.00. The highest BCUT2D eigenvalue weighted by Crippen LogP contribution is 2.34. The Labute approximate surface area is 251 Å². The Morgan fingerprint density at radius 3 is 2.57 bits per heavy atom. The topological polar surface area (TPSA) is 142 Å². The Morgan fingerprint density at radius 2 is 1.91 bits per heavy atom. The molecule has 0 radical (unpaired) electrons. The van der Waals surface area contributed by atoms with Crippen molar-refractivity contribution in [3.05, 3.63) is 83.1 Å². The fourth-order valence-electron chi connectivity index (χ4n) is 5.47. The highest BCUT2D eigenvalue weighted by atomic mass is 32.2. The summed E-state index contributed by atoms with van der Waals surface area (Å²) in [4.78, 5) is 42.3. The number of amides is 1. The molecular formula is C30H27F2N7O4S. The zero-order valence-corrected chi connectivity index (χ0v) is 24.8. The summed E-state index contributed by atoms with van der Waals surface area (Å²) in [6.45, 7) is 7.02. The molecule has 5 rings (SSSR count). The Hall–Kier alpha value is -5.03. The summed E-state index contributed by atoms with van der Waals surface area (Å²) in [5.41, 5.74) is -1.67. The molecule has 226 valence electrons. The van der Waals surface area contributed by atoms with Crippen molar-refractivity contribution in [2.75, 3.05) is 24.2 Å². The molecule has 44 heavy (non-hydrogen) atoms. The van der Waals surface area contributed by atoms with Gasteiger partial charge in [0.1, 0.15) is 23.1 Å². The van der Waals surface area contributed by atoms with Gasteiger partial charge in [0.25, 0.3) is 0 Å². The second kappa shape index (κ2) is 11.6. The molecule has 0 unspecified atom stereocenters. The molecule has 0 aliphatic carbocycles. The normalized spacial score (nSPS) is 17.0. The predicted octanol–water partition coefficient (Wildman–Crippen LogP) is 3.34. The van der Waals surface area contributed by atoms with Gasteiger partial charge in [-0.15, -0.1) is 0 Å². The van der Waals surface area contributed by atoms with Crippen LogP contribution in [0.5, 0.6) is 0 Å². The van der Waals surface area contributed by atoms with Crippen LogP contribution in [0, 0.1) is 29.9 Å². The molecule has 2 atom stereocenters. The SMILES string of the molecule is C=CC(=O)N1C[C@H](C)N(c2nc(=O)n(-c3c(S(C)(=O)=O)ccnc3C)c3nc(-c4ccccc4F)c(F)cc23)C[C@@H]1CC#N. The van der Waals surface area contributed by atoms with Crippen molar-refractivity contribution in [3.63, 3.8) is 0 Å². The molecular weight excluding hydrogens is 592 g/mol. The standard InChI is InChI=1S/C30H27F2N7O4S/c1-5-25(40)38-15-17(2)37(16-19(38)10-12-33)28-21-14-23(32)26(20-8-6-7-9-22(20)31)35-29(21)39(30(41)36-28)27-18(3)34-13-11-24(27)44(4,42)43/h5-9,11,13-14,17,19H,1,10,15-16H2,2-4H3/t17-,19-/m0/s1. The molecule has 1 saturated heterocycles. The summed E-state index contributed by atoms with van der Waals surface area (Å²) >= 11 is 0. The number of carbonyl (C=O) groups is 1. The molecule has 1 amide bonds. The molecule has 1 aliphatic heterocycles. The van der Waals surface area contributed by atoms with Gasteiger partial charge in [0.15, 0.2) is 15.5 Å². The van der Waals surface area contributed by atoms with Crippen LogP contribution in [0.3, 0.4) is 0 Å². The van der Waals surface area contributed by atoms with Crippen LogP contribution in [-0.2, 0) is 14.6 Å². The second-order valence-electron chi connectivity index (χ2n) is 10.5. The van der Waals surface area contributed by atoms with E-state index in [4.69, 9.17) is 0 Å². The van der Waals surface area contributed by atoms with Crippen molar-refractivity contribution in [2.24, 2.45) is 0 Å². The number of anilines is 1. The number of hydrogen-bond donors (Lipinski definition) is 0. The summed E-state index contributed by atoms with van der Waals surface area (Å²) in [6.07, 6.45) is 3.37. The number of benzene rings is 1. The third-order valence-electron chi connectivity index (χ3n) is 7.52. The number of pyridine rings is 2. The van der Waals surface area contributed by atoms with E-state index in [9.17, 15) is 27.7 Å². The fraction of sp³-hybridized carbons (Fsp3) is 0.267. The molecule has 1 fully saturated rings. The summed E-state index contributed by atoms with van der Waals surface area (Å²) in [5.74, 6) is -2.03. The molecule has 4 heterocycles. The molecule has 1 aromatic carbocycles. The number of nitriles is 1. The summed E-state index contributed by atoms with van der Waals surface area (Å²) in [7, 11) is -3.91. The van der Waals surface area contributed by atoms with Crippen LogP contribution in [0.25, 0.3) is 28.0 Å². The van der Waals surface area contributed by atoms with Gasteiger partial charge in [-0.2, -0.15) is 10.2 Å². The number of aromatic nitrogens is 4. The van der Waals surface area contributed by atoms with E-state index in [-0.39, 0.29) is 64.1 Å². The number of sulfone groups is 1. The lowest BCUT2D eigenvalue weighted by molar-refractivity contribution is -0.129. The van der Waals surface area contributed by atoms with Gasteiger partial charge in [-0.3, -0.25) is 9.78 Å². The maximum absolute atomic E-state index is 15.8.